The first-order valence-electron chi connectivity index (χ1n) is 6.29. The molecule has 1 saturated heterocycles. The number of thiophene rings is 1. The van der Waals surface area contributed by atoms with Crippen LogP contribution in [0.5, 0.6) is 0 Å². The van der Waals surface area contributed by atoms with Gasteiger partial charge in [-0.25, -0.2) is 0 Å². The zero-order valence-corrected chi connectivity index (χ0v) is 11.1. The van der Waals surface area contributed by atoms with Crippen molar-refractivity contribution in [3.05, 3.63) is 22.4 Å². The Labute approximate surface area is 107 Å². The maximum atomic E-state index is 12.2. The summed E-state index contributed by atoms with van der Waals surface area (Å²) in [5.74, 6) is 0.647. The topological polar surface area (TPSA) is 32.3 Å². The second-order valence-corrected chi connectivity index (χ2v) is 5.58. The average molecular weight is 252 g/mol. The number of carbonyl (C=O) groups excluding carboxylic acids is 1. The molecule has 1 aromatic heterocycles. The van der Waals surface area contributed by atoms with E-state index in [9.17, 15) is 4.79 Å². The Balaban J connectivity index is 1.87. The van der Waals surface area contributed by atoms with E-state index in [0.717, 1.165) is 32.6 Å². The van der Waals surface area contributed by atoms with Crippen molar-refractivity contribution in [3.8, 4) is 0 Å². The highest BCUT2D eigenvalue weighted by molar-refractivity contribution is 7.10. The molecule has 4 heteroatoms. The lowest BCUT2D eigenvalue weighted by Crippen LogP contribution is -2.34. The summed E-state index contributed by atoms with van der Waals surface area (Å²) in [6, 6.07) is 4.17. The van der Waals surface area contributed by atoms with Gasteiger partial charge < -0.3 is 10.2 Å². The van der Waals surface area contributed by atoms with Gasteiger partial charge in [0.2, 0.25) is 5.91 Å². The van der Waals surface area contributed by atoms with Gasteiger partial charge >= 0.3 is 0 Å². The number of rotatable bonds is 3. The third-order valence-electron chi connectivity index (χ3n) is 3.20. The van der Waals surface area contributed by atoms with Crippen LogP contribution in [0.3, 0.4) is 0 Å². The third kappa shape index (κ3) is 3.54. The minimum Gasteiger partial charge on any atom is -0.341 e. The highest BCUT2D eigenvalue weighted by Crippen LogP contribution is 2.24. The molecule has 94 valence electrons. The molecule has 1 atom stereocenters. The van der Waals surface area contributed by atoms with Crippen LogP contribution in [0.1, 0.15) is 30.6 Å². The Hall–Kier alpha value is -0.870. The van der Waals surface area contributed by atoms with Gasteiger partial charge in [0.25, 0.3) is 0 Å². The van der Waals surface area contributed by atoms with Crippen LogP contribution in [0.15, 0.2) is 17.5 Å². The van der Waals surface area contributed by atoms with Crippen molar-refractivity contribution in [3.63, 3.8) is 0 Å². The number of nitrogens with one attached hydrogen (secondary N) is 1. The summed E-state index contributed by atoms with van der Waals surface area (Å²) >= 11 is 1.74. The molecule has 2 rings (SSSR count). The van der Waals surface area contributed by atoms with Crippen LogP contribution in [0, 0.1) is 0 Å². The van der Waals surface area contributed by atoms with Crippen LogP contribution in [0.4, 0.5) is 0 Å². The standard InChI is InChI=1S/C13H20N2OS/c1-11(12-4-2-9-17-12)10-13(16)15-7-3-5-14-6-8-15/h2,4,9,11,14H,3,5-8,10H2,1H3. The van der Waals surface area contributed by atoms with E-state index in [1.54, 1.807) is 11.3 Å². The molecule has 0 radical (unpaired) electrons. The molecule has 1 aliphatic heterocycles. The van der Waals surface area contributed by atoms with E-state index < -0.39 is 0 Å². The maximum absolute atomic E-state index is 12.2. The van der Waals surface area contributed by atoms with Crippen molar-refractivity contribution in [2.45, 2.75) is 25.7 Å². The normalized spacial score (nSPS) is 18.8. The van der Waals surface area contributed by atoms with Crippen molar-refractivity contribution < 1.29 is 4.79 Å². The molecule has 0 aliphatic carbocycles. The summed E-state index contributed by atoms with van der Waals surface area (Å²) in [5, 5.41) is 5.40. The van der Waals surface area contributed by atoms with Crippen LogP contribution >= 0.6 is 11.3 Å². The molecule has 0 spiro atoms. The van der Waals surface area contributed by atoms with Crippen molar-refractivity contribution in [1.29, 1.82) is 0 Å². The quantitative estimate of drug-likeness (QED) is 0.893. The molecule has 1 N–H and O–H groups in total. The summed E-state index contributed by atoms with van der Waals surface area (Å²) in [5.41, 5.74) is 0. The van der Waals surface area contributed by atoms with Crippen LogP contribution in [0.25, 0.3) is 0 Å². The maximum Gasteiger partial charge on any atom is 0.223 e. The molecular formula is C13H20N2OS. The van der Waals surface area contributed by atoms with E-state index in [1.807, 2.05) is 4.90 Å². The zero-order chi connectivity index (χ0) is 12.1. The Bertz CT molecular complexity index is 342. The van der Waals surface area contributed by atoms with E-state index in [-0.39, 0.29) is 0 Å². The molecule has 2 heterocycles. The molecule has 1 aromatic rings. The molecule has 0 saturated carbocycles. The molecule has 1 unspecified atom stereocenters. The number of nitrogens with zero attached hydrogens (tertiary/aromatic N) is 1. The fourth-order valence-electron chi connectivity index (χ4n) is 2.16. The summed E-state index contributed by atoms with van der Waals surface area (Å²) in [6.07, 6.45) is 1.71. The average Bonchev–Trinajstić information content (AvgIpc) is 2.71. The van der Waals surface area contributed by atoms with Gasteiger partial charge in [0.15, 0.2) is 0 Å². The minimum atomic E-state index is 0.301. The minimum absolute atomic E-state index is 0.301. The summed E-state index contributed by atoms with van der Waals surface area (Å²) in [4.78, 5) is 15.5. The summed E-state index contributed by atoms with van der Waals surface area (Å²) in [6.45, 7) is 5.86. The van der Waals surface area contributed by atoms with Gasteiger partial charge in [-0.1, -0.05) is 13.0 Å². The van der Waals surface area contributed by atoms with Gasteiger partial charge in [-0.2, -0.15) is 0 Å². The number of hydrogen-bond donors (Lipinski definition) is 1. The number of amides is 1. The van der Waals surface area contributed by atoms with Gasteiger partial charge in [-0.3, -0.25) is 4.79 Å². The Kier molecular flexibility index (Phi) is 4.57. The highest BCUT2D eigenvalue weighted by Gasteiger charge is 2.18. The van der Waals surface area contributed by atoms with E-state index in [1.165, 1.54) is 4.88 Å². The van der Waals surface area contributed by atoms with Gasteiger partial charge in [0, 0.05) is 30.9 Å². The van der Waals surface area contributed by atoms with Gasteiger partial charge in [0.05, 0.1) is 0 Å². The molecule has 3 nitrogen and oxygen atoms in total. The number of hydrogen-bond acceptors (Lipinski definition) is 3. The van der Waals surface area contributed by atoms with Crippen LogP contribution in [0.2, 0.25) is 0 Å². The molecule has 0 bridgehead atoms. The van der Waals surface area contributed by atoms with Crippen molar-refractivity contribution in [2.75, 3.05) is 26.2 Å². The molecule has 0 aromatic carbocycles. The van der Waals surface area contributed by atoms with Gasteiger partial charge in [0.1, 0.15) is 0 Å². The molecule has 1 aliphatic rings. The monoisotopic (exact) mass is 252 g/mol. The van der Waals surface area contributed by atoms with Crippen LogP contribution in [-0.4, -0.2) is 37.0 Å². The Morgan fingerprint density at radius 3 is 3.18 bits per heavy atom. The lowest BCUT2D eigenvalue weighted by atomic mass is 10.1. The first-order valence-corrected chi connectivity index (χ1v) is 7.17. The first kappa shape index (κ1) is 12.6. The van der Waals surface area contributed by atoms with Gasteiger partial charge in [-0.05, 0) is 30.3 Å². The Morgan fingerprint density at radius 1 is 1.53 bits per heavy atom. The molecule has 1 fully saturated rings. The van der Waals surface area contributed by atoms with E-state index >= 15 is 0 Å². The van der Waals surface area contributed by atoms with Crippen LogP contribution < -0.4 is 5.32 Å². The third-order valence-corrected chi connectivity index (χ3v) is 4.31. The molecule has 1 amide bonds. The van der Waals surface area contributed by atoms with E-state index in [4.69, 9.17) is 0 Å². The largest absolute Gasteiger partial charge is 0.341 e. The Morgan fingerprint density at radius 2 is 2.41 bits per heavy atom. The highest BCUT2D eigenvalue weighted by atomic mass is 32.1. The molecule has 17 heavy (non-hydrogen) atoms. The fraction of sp³-hybridized carbons (Fsp3) is 0.615. The summed E-state index contributed by atoms with van der Waals surface area (Å²) in [7, 11) is 0. The van der Waals surface area contributed by atoms with Crippen LogP contribution in [-0.2, 0) is 4.79 Å². The zero-order valence-electron chi connectivity index (χ0n) is 10.3. The first-order chi connectivity index (χ1) is 8.27. The predicted molar refractivity (Wildman–Crippen MR) is 71.4 cm³/mol. The van der Waals surface area contributed by atoms with Gasteiger partial charge in [-0.15, -0.1) is 11.3 Å². The fourth-order valence-corrected chi connectivity index (χ4v) is 2.95. The second-order valence-electron chi connectivity index (χ2n) is 4.60. The number of carbonyl (C=O) groups is 1. The van der Waals surface area contributed by atoms with Crippen molar-refractivity contribution in [1.82, 2.24) is 10.2 Å². The lowest BCUT2D eigenvalue weighted by molar-refractivity contribution is -0.131. The predicted octanol–water partition coefficient (Wildman–Crippen LogP) is 2.06. The van der Waals surface area contributed by atoms with Crippen molar-refractivity contribution >= 4 is 17.2 Å². The second kappa shape index (κ2) is 6.17. The lowest BCUT2D eigenvalue weighted by Gasteiger charge is -2.21. The molecular weight excluding hydrogens is 232 g/mol. The van der Waals surface area contributed by atoms with E-state index in [2.05, 4.69) is 29.8 Å². The SMILES string of the molecule is CC(CC(=O)N1CCCNCC1)c1cccs1. The summed E-state index contributed by atoms with van der Waals surface area (Å²) < 4.78 is 0. The van der Waals surface area contributed by atoms with Crippen molar-refractivity contribution in [2.24, 2.45) is 0 Å². The van der Waals surface area contributed by atoms with E-state index in [0.29, 0.717) is 18.2 Å². The smallest absolute Gasteiger partial charge is 0.223 e.